The maximum Gasteiger partial charge on any atom is 0.241 e. The van der Waals surface area contributed by atoms with E-state index in [1.165, 1.54) is 4.90 Å². The first kappa shape index (κ1) is 23.4. The number of aryl methyl sites for hydroxylation is 2. The molecule has 7 nitrogen and oxygen atoms in total. The van der Waals surface area contributed by atoms with E-state index in [1.807, 2.05) is 38.1 Å². The zero-order chi connectivity index (χ0) is 19.1. The van der Waals surface area contributed by atoms with Crippen molar-refractivity contribution in [2.45, 2.75) is 26.9 Å². The number of carbonyl (C=O) groups is 1. The van der Waals surface area contributed by atoms with E-state index >= 15 is 0 Å². The van der Waals surface area contributed by atoms with Crippen LogP contribution in [0.1, 0.15) is 22.6 Å². The summed E-state index contributed by atoms with van der Waals surface area (Å²) >= 11 is 3.42. The van der Waals surface area contributed by atoms with Crippen molar-refractivity contribution in [1.29, 1.82) is 0 Å². The first-order chi connectivity index (χ1) is 12.4. The third-order valence-electron chi connectivity index (χ3n) is 3.85. The lowest BCUT2D eigenvalue weighted by atomic mass is 10.2. The zero-order valence-corrected chi connectivity index (χ0v) is 19.8. The SMILES string of the molecule is Cc1noc(C)c1CNC(=NCc1ccc(Br)cc1)NCC(=O)N(C)C.I. The molecule has 1 amide bonds. The number of aliphatic imine (C=N–C) groups is 1. The van der Waals surface area contributed by atoms with E-state index in [9.17, 15) is 4.79 Å². The molecule has 0 atom stereocenters. The van der Waals surface area contributed by atoms with Crippen LogP contribution >= 0.6 is 39.9 Å². The van der Waals surface area contributed by atoms with Crippen molar-refractivity contribution in [3.8, 4) is 0 Å². The highest BCUT2D eigenvalue weighted by atomic mass is 127. The summed E-state index contributed by atoms with van der Waals surface area (Å²) in [5.41, 5.74) is 2.90. The van der Waals surface area contributed by atoms with Gasteiger partial charge in [0.05, 0.1) is 18.8 Å². The molecular weight excluding hydrogens is 525 g/mol. The summed E-state index contributed by atoms with van der Waals surface area (Å²) in [6.07, 6.45) is 0. The van der Waals surface area contributed by atoms with Crippen LogP contribution in [0.5, 0.6) is 0 Å². The van der Waals surface area contributed by atoms with Crippen molar-refractivity contribution in [2.24, 2.45) is 4.99 Å². The number of halogens is 2. The molecule has 0 fully saturated rings. The van der Waals surface area contributed by atoms with Crippen LogP contribution in [0.3, 0.4) is 0 Å². The molecule has 1 aromatic carbocycles. The zero-order valence-electron chi connectivity index (χ0n) is 15.9. The van der Waals surface area contributed by atoms with Gasteiger partial charge in [-0.05, 0) is 31.5 Å². The van der Waals surface area contributed by atoms with Crippen LogP contribution in [-0.2, 0) is 17.9 Å². The summed E-state index contributed by atoms with van der Waals surface area (Å²) in [7, 11) is 3.44. The molecule has 0 saturated carbocycles. The Morgan fingerprint density at radius 3 is 2.44 bits per heavy atom. The van der Waals surface area contributed by atoms with E-state index in [-0.39, 0.29) is 36.4 Å². The maximum absolute atomic E-state index is 11.9. The summed E-state index contributed by atoms with van der Waals surface area (Å²) in [4.78, 5) is 18.0. The molecule has 2 N–H and O–H groups in total. The number of benzene rings is 1. The summed E-state index contributed by atoms with van der Waals surface area (Å²) in [6.45, 7) is 4.96. The van der Waals surface area contributed by atoms with Crippen molar-refractivity contribution in [2.75, 3.05) is 20.6 Å². The fourth-order valence-electron chi connectivity index (χ4n) is 2.18. The minimum Gasteiger partial charge on any atom is -0.361 e. The van der Waals surface area contributed by atoms with Gasteiger partial charge in [-0.2, -0.15) is 0 Å². The van der Waals surface area contributed by atoms with Gasteiger partial charge in [0.1, 0.15) is 5.76 Å². The van der Waals surface area contributed by atoms with Crippen molar-refractivity contribution in [1.82, 2.24) is 20.7 Å². The molecule has 0 saturated heterocycles. The number of likely N-dealkylation sites (N-methyl/N-ethyl adjacent to an activating group) is 1. The number of hydrogen-bond acceptors (Lipinski definition) is 4. The van der Waals surface area contributed by atoms with Crippen LogP contribution < -0.4 is 10.6 Å². The van der Waals surface area contributed by atoms with Crippen molar-refractivity contribution in [3.05, 3.63) is 51.3 Å². The van der Waals surface area contributed by atoms with Gasteiger partial charge in [0, 0.05) is 30.7 Å². The van der Waals surface area contributed by atoms with Crippen LogP contribution in [0.15, 0.2) is 38.3 Å². The molecule has 0 aliphatic carbocycles. The normalized spacial score (nSPS) is 10.9. The van der Waals surface area contributed by atoms with Crippen LogP contribution in [0, 0.1) is 13.8 Å². The molecule has 2 rings (SSSR count). The minimum absolute atomic E-state index is 0. The van der Waals surface area contributed by atoms with Gasteiger partial charge in [-0.1, -0.05) is 33.2 Å². The molecule has 0 aliphatic heterocycles. The first-order valence-corrected chi connectivity index (χ1v) is 9.04. The van der Waals surface area contributed by atoms with Gasteiger partial charge >= 0.3 is 0 Å². The van der Waals surface area contributed by atoms with Gasteiger partial charge in [-0.3, -0.25) is 4.79 Å². The van der Waals surface area contributed by atoms with Crippen molar-refractivity contribution >= 4 is 51.8 Å². The Labute approximate surface area is 185 Å². The fraction of sp³-hybridized carbons (Fsp3) is 0.389. The number of amides is 1. The molecule has 0 bridgehead atoms. The first-order valence-electron chi connectivity index (χ1n) is 8.25. The lowest BCUT2D eigenvalue weighted by Gasteiger charge is -2.15. The monoisotopic (exact) mass is 549 g/mol. The Balaban J connectivity index is 0.00000364. The summed E-state index contributed by atoms with van der Waals surface area (Å²) in [5.74, 6) is 1.30. The van der Waals surface area contributed by atoms with E-state index in [2.05, 4.69) is 36.7 Å². The Kier molecular flexibility index (Phi) is 9.78. The van der Waals surface area contributed by atoms with Gasteiger partial charge in [-0.15, -0.1) is 24.0 Å². The minimum atomic E-state index is -0.0273. The molecule has 0 unspecified atom stereocenters. The van der Waals surface area contributed by atoms with Crippen molar-refractivity contribution < 1.29 is 9.32 Å². The predicted molar refractivity (Wildman–Crippen MR) is 120 cm³/mol. The van der Waals surface area contributed by atoms with Gasteiger partial charge < -0.3 is 20.1 Å². The Morgan fingerprint density at radius 2 is 1.89 bits per heavy atom. The van der Waals surface area contributed by atoms with E-state index in [0.29, 0.717) is 19.0 Å². The molecule has 0 radical (unpaired) electrons. The fourth-order valence-corrected chi connectivity index (χ4v) is 2.44. The molecule has 9 heteroatoms. The highest BCUT2D eigenvalue weighted by Crippen LogP contribution is 2.12. The maximum atomic E-state index is 11.9. The Hall–Kier alpha value is -1.62. The molecule has 27 heavy (non-hydrogen) atoms. The van der Waals surface area contributed by atoms with E-state index in [0.717, 1.165) is 27.1 Å². The van der Waals surface area contributed by atoms with Crippen LogP contribution in [0.2, 0.25) is 0 Å². The van der Waals surface area contributed by atoms with E-state index in [4.69, 9.17) is 4.52 Å². The van der Waals surface area contributed by atoms with Gasteiger partial charge in [0.2, 0.25) is 5.91 Å². The third-order valence-corrected chi connectivity index (χ3v) is 4.38. The summed E-state index contributed by atoms with van der Waals surface area (Å²) in [5, 5.41) is 10.3. The van der Waals surface area contributed by atoms with Gasteiger partial charge in [-0.25, -0.2) is 4.99 Å². The lowest BCUT2D eigenvalue weighted by molar-refractivity contribution is -0.127. The number of aromatic nitrogens is 1. The van der Waals surface area contributed by atoms with E-state index in [1.54, 1.807) is 14.1 Å². The summed E-state index contributed by atoms with van der Waals surface area (Å²) < 4.78 is 6.21. The van der Waals surface area contributed by atoms with Crippen LogP contribution in [0.25, 0.3) is 0 Å². The number of rotatable bonds is 6. The molecule has 0 spiro atoms. The Bertz CT molecular complexity index is 755. The molecule has 1 aromatic heterocycles. The smallest absolute Gasteiger partial charge is 0.241 e. The largest absolute Gasteiger partial charge is 0.361 e. The number of hydrogen-bond donors (Lipinski definition) is 2. The second-order valence-corrected chi connectivity index (χ2v) is 7.00. The Morgan fingerprint density at radius 1 is 1.22 bits per heavy atom. The topological polar surface area (TPSA) is 82.8 Å². The number of carbonyl (C=O) groups excluding carboxylic acids is 1. The average molecular weight is 550 g/mol. The number of guanidine groups is 1. The molecule has 1 heterocycles. The quantitative estimate of drug-likeness (QED) is 0.329. The standard InChI is InChI=1S/C18H24BrN5O2.HI/c1-12-16(13(2)26-23-12)10-21-18(22-11-17(25)24(3)4)20-9-14-5-7-15(19)8-6-14;/h5-8H,9-11H2,1-4H3,(H2,20,21,22);1H. The molecule has 2 aromatic rings. The highest BCUT2D eigenvalue weighted by molar-refractivity contribution is 14.0. The van der Waals surface area contributed by atoms with Crippen molar-refractivity contribution in [3.63, 3.8) is 0 Å². The van der Waals surface area contributed by atoms with E-state index < -0.39 is 0 Å². The second-order valence-electron chi connectivity index (χ2n) is 6.09. The van der Waals surface area contributed by atoms with Gasteiger partial charge in [0.25, 0.3) is 0 Å². The molecular formula is C18H25BrIN5O2. The lowest BCUT2D eigenvalue weighted by Crippen LogP contribution is -2.42. The summed E-state index contributed by atoms with van der Waals surface area (Å²) in [6, 6.07) is 7.96. The number of nitrogens with one attached hydrogen (secondary N) is 2. The molecule has 0 aliphatic rings. The average Bonchev–Trinajstić information content (AvgIpc) is 2.93. The van der Waals surface area contributed by atoms with Crippen LogP contribution in [0.4, 0.5) is 0 Å². The highest BCUT2D eigenvalue weighted by Gasteiger charge is 2.11. The second kappa shape index (κ2) is 11.3. The number of nitrogens with zero attached hydrogens (tertiary/aromatic N) is 3. The van der Waals surface area contributed by atoms with Crippen LogP contribution in [-0.4, -0.2) is 42.6 Å². The molecule has 148 valence electrons. The third kappa shape index (κ3) is 7.49. The van der Waals surface area contributed by atoms with Gasteiger partial charge in [0.15, 0.2) is 5.96 Å². The predicted octanol–water partition coefficient (Wildman–Crippen LogP) is 3.00.